The normalized spacial score (nSPS) is 10.7. The second-order valence-electron chi connectivity index (χ2n) is 5.20. The van der Waals surface area contributed by atoms with Gasteiger partial charge in [0, 0.05) is 43.3 Å². The van der Waals surface area contributed by atoms with Crippen molar-refractivity contribution in [3.8, 4) is 5.69 Å². The molecule has 0 unspecified atom stereocenters. The summed E-state index contributed by atoms with van der Waals surface area (Å²) in [5.74, 6) is 0.522. The van der Waals surface area contributed by atoms with Crippen LogP contribution in [0.2, 0.25) is 0 Å². The predicted octanol–water partition coefficient (Wildman–Crippen LogP) is 1.90. The number of carbonyl (C=O) groups excluding carboxylic acids is 1. The summed E-state index contributed by atoms with van der Waals surface area (Å²) in [6.07, 6.45) is 11.7. The van der Waals surface area contributed by atoms with Gasteiger partial charge in [0.05, 0.1) is 18.1 Å². The molecule has 0 aliphatic rings. The molecule has 25 heavy (non-hydrogen) atoms. The van der Waals surface area contributed by atoms with Gasteiger partial charge < -0.3 is 10.6 Å². The van der Waals surface area contributed by atoms with Gasteiger partial charge in [-0.2, -0.15) is 5.10 Å². The lowest BCUT2D eigenvalue weighted by Gasteiger charge is -2.04. The van der Waals surface area contributed by atoms with E-state index in [1.165, 1.54) is 6.08 Å². The highest BCUT2D eigenvalue weighted by Gasteiger charge is 1.99. The first-order chi connectivity index (χ1) is 12.3. The molecule has 2 N–H and O–H groups in total. The van der Waals surface area contributed by atoms with E-state index in [4.69, 9.17) is 0 Å². The molecule has 0 aliphatic carbocycles. The maximum atomic E-state index is 11.8. The minimum Gasteiger partial charge on any atom is -0.367 e. The molecule has 0 aliphatic heterocycles. The number of nitrogens with zero attached hydrogens (tertiary/aromatic N) is 4. The van der Waals surface area contributed by atoms with Crippen LogP contribution in [0.5, 0.6) is 0 Å². The molecule has 3 rings (SSSR count). The number of benzene rings is 1. The van der Waals surface area contributed by atoms with Crippen LogP contribution >= 0.6 is 0 Å². The molecule has 126 valence electrons. The summed E-state index contributed by atoms with van der Waals surface area (Å²) in [7, 11) is 0. The topological polar surface area (TPSA) is 84.7 Å². The fourth-order valence-corrected chi connectivity index (χ4v) is 2.14. The van der Waals surface area contributed by atoms with Gasteiger partial charge in [-0.25, -0.2) is 9.67 Å². The molecule has 0 bridgehead atoms. The molecule has 1 amide bonds. The number of aromatic nitrogens is 4. The third-order valence-electron chi connectivity index (χ3n) is 3.34. The molecule has 0 radical (unpaired) electrons. The number of rotatable bonds is 7. The Bertz CT molecular complexity index is 829. The second-order valence-corrected chi connectivity index (χ2v) is 5.20. The van der Waals surface area contributed by atoms with Gasteiger partial charge in [-0.05, 0) is 18.2 Å². The van der Waals surface area contributed by atoms with Gasteiger partial charge in [0.25, 0.3) is 0 Å². The Morgan fingerprint density at radius 2 is 2.00 bits per heavy atom. The fourth-order valence-electron chi connectivity index (χ4n) is 2.14. The predicted molar refractivity (Wildman–Crippen MR) is 96.1 cm³/mol. The molecule has 0 saturated heterocycles. The van der Waals surface area contributed by atoms with Crippen LogP contribution in [0.15, 0.2) is 67.4 Å². The van der Waals surface area contributed by atoms with Crippen LogP contribution in [0.25, 0.3) is 11.8 Å². The third-order valence-corrected chi connectivity index (χ3v) is 3.34. The second kappa shape index (κ2) is 8.39. The van der Waals surface area contributed by atoms with Gasteiger partial charge in [-0.1, -0.05) is 18.2 Å². The Labute approximate surface area is 145 Å². The number of nitrogens with one attached hydrogen (secondary N) is 2. The highest BCUT2D eigenvalue weighted by atomic mass is 16.1. The number of hydrogen-bond acceptors (Lipinski definition) is 5. The Balaban J connectivity index is 1.44. The van der Waals surface area contributed by atoms with E-state index in [0.29, 0.717) is 18.9 Å². The Morgan fingerprint density at radius 1 is 1.12 bits per heavy atom. The molecule has 2 aromatic heterocycles. The summed E-state index contributed by atoms with van der Waals surface area (Å²) < 4.78 is 1.77. The third kappa shape index (κ3) is 5.00. The van der Waals surface area contributed by atoms with Crippen LogP contribution in [-0.2, 0) is 4.79 Å². The van der Waals surface area contributed by atoms with Gasteiger partial charge in [-0.3, -0.25) is 9.78 Å². The van der Waals surface area contributed by atoms with Crippen LogP contribution in [-0.4, -0.2) is 38.7 Å². The van der Waals surface area contributed by atoms with Gasteiger partial charge in [0.1, 0.15) is 5.82 Å². The SMILES string of the molecule is O=C(/C=C\c1cnn(-c2ccccc2)c1)NCCNc1cnccn1. The summed E-state index contributed by atoms with van der Waals surface area (Å²) in [4.78, 5) is 19.9. The van der Waals surface area contributed by atoms with Gasteiger partial charge in [-0.15, -0.1) is 0 Å². The standard InChI is InChI=1S/C18H18N6O/c25-18(22-11-10-21-17-13-19-8-9-20-17)7-6-15-12-23-24(14-15)16-4-2-1-3-5-16/h1-9,12-14H,10-11H2,(H,20,21)(H,22,25)/b7-6-. The molecule has 0 spiro atoms. The summed E-state index contributed by atoms with van der Waals surface area (Å²) in [6, 6.07) is 9.80. The van der Waals surface area contributed by atoms with Crippen molar-refractivity contribution in [2.75, 3.05) is 18.4 Å². The molecule has 7 heteroatoms. The van der Waals surface area contributed by atoms with E-state index >= 15 is 0 Å². The van der Waals surface area contributed by atoms with Gasteiger partial charge in [0.2, 0.25) is 5.91 Å². The fraction of sp³-hybridized carbons (Fsp3) is 0.111. The number of para-hydroxylation sites is 1. The van der Waals surface area contributed by atoms with Crippen molar-refractivity contribution in [2.45, 2.75) is 0 Å². The lowest BCUT2D eigenvalue weighted by Crippen LogP contribution is -2.27. The zero-order valence-electron chi connectivity index (χ0n) is 13.5. The van der Waals surface area contributed by atoms with Crippen LogP contribution in [0.1, 0.15) is 5.56 Å². The molecule has 0 saturated carbocycles. The molecular formula is C18H18N6O. The van der Waals surface area contributed by atoms with E-state index in [1.807, 2.05) is 36.5 Å². The van der Waals surface area contributed by atoms with Crippen LogP contribution in [0.3, 0.4) is 0 Å². The summed E-state index contributed by atoms with van der Waals surface area (Å²) in [6.45, 7) is 1.06. The highest BCUT2D eigenvalue weighted by Crippen LogP contribution is 2.08. The average molecular weight is 334 g/mol. The van der Waals surface area contributed by atoms with Gasteiger partial charge >= 0.3 is 0 Å². The zero-order chi connectivity index (χ0) is 17.3. The first kappa shape index (κ1) is 16.4. The van der Waals surface area contributed by atoms with Gasteiger partial charge in [0.15, 0.2) is 0 Å². The number of carbonyl (C=O) groups is 1. The van der Waals surface area contributed by atoms with Crippen LogP contribution in [0, 0.1) is 0 Å². The van der Waals surface area contributed by atoms with Crippen molar-refractivity contribution in [3.05, 3.63) is 73.0 Å². The van der Waals surface area contributed by atoms with E-state index < -0.39 is 0 Å². The quantitative estimate of drug-likeness (QED) is 0.509. The Hall–Kier alpha value is -3.48. The van der Waals surface area contributed by atoms with E-state index in [0.717, 1.165) is 11.3 Å². The van der Waals surface area contributed by atoms with E-state index in [9.17, 15) is 4.79 Å². The number of hydrogen-bond donors (Lipinski definition) is 2. The van der Waals surface area contributed by atoms with E-state index in [-0.39, 0.29) is 5.91 Å². The van der Waals surface area contributed by atoms with Crippen molar-refractivity contribution in [3.63, 3.8) is 0 Å². The molecule has 2 heterocycles. The van der Waals surface area contributed by atoms with Crippen LogP contribution in [0.4, 0.5) is 5.82 Å². The lowest BCUT2D eigenvalue weighted by atomic mass is 10.3. The van der Waals surface area contributed by atoms with Crippen molar-refractivity contribution >= 4 is 17.8 Å². The smallest absolute Gasteiger partial charge is 0.244 e. The Kier molecular flexibility index (Phi) is 5.50. The minimum absolute atomic E-state index is 0.159. The van der Waals surface area contributed by atoms with E-state index in [1.54, 1.807) is 35.5 Å². The monoisotopic (exact) mass is 334 g/mol. The summed E-state index contributed by atoms with van der Waals surface area (Å²) in [5.41, 5.74) is 1.83. The lowest BCUT2D eigenvalue weighted by molar-refractivity contribution is -0.116. The summed E-state index contributed by atoms with van der Waals surface area (Å²) >= 11 is 0. The minimum atomic E-state index is -0.159. The molecule has 1 aromatic carbocycles. The largest absolute Gasteiger partial charge is 0.367 e. The van der Waals surface area contributed by atoms with Crippen molar-refractivity contribution < 1.29 is 4.79 Å². The summed E-state index contributed by atoms with van der Waals surface area (Å²) in [5, 5.41) is 10.2. The van der Waals surface area contributed by atoms with Crippen molar-refractivity contribution in [2.24, 2.45) is 0 Å². The maximum Gasteiger partial charge on any atom is 0.244 e. The van der Waals surface area contributed by atoms with E-state index in [2.05, 4.69) is 25.7 Å². The first-order valence-corrected chi connectivity index (χ1v) is 7.87. The molecule has 0 atom stereocenters. The number of anilines is 1. The molecule has 0 fully saturated rings. The number of amides is 1. The van der Waals surface area contributed by atoms with Crippen molar-refractivity contribution in [1.82, 2.24) is 25.1 Å². The maximum absolute atomic E-state index is 11.8. The van der Waals surface area contributed by atoms with Crippen molar-refractivity contribution in [1.29, 1.82) is 0 Å². The molecule has 7 nitrogen and oxygen atoms in total. The first-order valence-electron chi connectivity index (χ1n) is 7.87. The zero-order valence-corrected chi connectivity index (χ0v) is 13.5. The molecule has 3 aromatic rings. The average Bonchev–Trinajstić information content (AvgIpc) is 3.14. The van der Waals surface area contributed by atoms with Crippen LogP contribution < -0.4 is 10.6 Å². The Morgan fingerprint density at radius 3 is 2.80 bits per heavy atom. The molecular weight excluding hydrogens is 316 g/mol. The highest BCUT2D eigenvalue weighted by molar-refractivity contribution is 5.91.